The van der Waals surface area contributed by atoms with Crippen molar-refractivity contribution in [2.24, 2.45) is 0 Å². The fraction of sp³-hybridized carbons (Fsp3) is 0.571. The molecular formula is C14H20FNO. The van der Waals surface area contributed by atoms with Gasteiger partial charge in [-0.25, -0.2) is 4.39 Å². The number of benzene rings is 1. The van der Waals surface area contributed by atoms with Crippen LogP contribution in [0.3, 0.4) is 0 Å². The zero-order valence-electron chi connectivity index (χ0n) is 10.6. The van der Waals surface area contributed by atoms with Crippen LogP contribution < -0.4 is 10.1 Å². The van der Waals surface area contributed by atoms with Gasteiger partial charge in [-0.05, 0) is 49.9 Å². The number of nitrogens with one attached hydrogen (secondary N) is 1. The maximum atomic E-state index is 13.6. The lowest BCUT2D eigenvalue weighted by molar-refractivity contribution is 0.380. The van der Waals surface area contributed by atoms with E-state index in [1.54, 1.807) is 6.92 Å². The van der Waals surface area contributed by atoms with E-state index in [0.29, 0.717) is 17.4 Å². The quantitative estimate of drug-likeness (QED) is 0.872. The van der Waals surface area contributed by atoms with Crippen molar-refractivity contribution < 1.29 is 9.13 Å². The lowest BCUT2D eigenvalue weighted by Gasteiger charge is -2.23. The Balaban J connectivity index is 2.12. The van der Waals surface area contributed by atoms with Crippen LogP contribution in [0.5, 0.6) is 5.75 Å². The van der Waals surface area contributed by atoms with E-state index in [1.165, 1.54) is 26.4 Å². The summed E-state index contributed by atoms with van der Waals surface area (Å²) in [5, 5.41) is 3.50. The standard InChI is InChI=1S/C14H20FNO/c1-10-7-11(9-13(17-2)14(10)15)8-12-5-3-4-6-16-12/h7,9,12,16H,3-6,8H2,1-2H3. The number of aryl methyl sites for hydroxylation is 1. The summed E-state index contributed by atoms with van der Waals surface area (Å²) < 4.78 is 18.7. The molecule has 2 nitrogen and oxygen atoms in total. The number of rotatable bonds is 3. The van der Waals surface area contributed by atoms with Gasteiger partial charge in [0.25, 0.3) is 0 Å². The number of hydrogen-bond donors (Lipinski definition) is 1. The average Bonchev–Trinajstić information content (AvgIpc) is 2.35. The van der Waals surface area contributed by atoms with Crippen molar-refractivity contribution in [2.45, 2.75) is 38.6 Å². The first-order valence-corrected chi connectivity index (χ1v) is 6.27. The second-order valence-electron chi connectivity index (χ2n) is 4.78. The molecule has 17 heavy (non-hydrogen) atoms. The highest BCUT2D eigenvalue weighted by atomic mass is 19.1. The van der Waals surface area contributed by atoms with Crippen LogP contribution in [-0.4, -0.2) is 19.7 Å². The topological polar surface area (TPSA) is 21.3 Å². The van der Waals surface area contributed by atoms with Crippen molar-refractivity contribution in [1.29, 1.82) is 0 Å². The molecule has 1 atom stereocenters. The highest BCUT2D eigenvalue weighted by Crippen LogP contribution is 2.24. The smallest absolute Gasteiger partial charge is 0.167 e. The predicted molar refractivity (Wildman–Crippen MR) is 67.0 cm³/mol. The first-order chi connectivity index (χ1) is 8.20. The van der Waals surface area contributed by atoms with Crippen LogP contribution in [0.15, 0.2) is 12.1 Å². The average molecular weight is 237 g/mol. The molecule has 1 aromatic carbocycles. The number of ether oxygens (including phenoxy) is 1. The van der Waals surface area contributed by atoms with Gasteiger partial charge >= 0.3 is 0 Å². The normalized spacial score (nSPS) is 20.3. The summed E-state index contributed by atoms with van der Waals surface area (Å²) in [4.78, 5) is 0. The highest BCUT2D eigenvalue weighted by Gasteiger charge is 2.15. The largest absolute Gasteiger partial charge is 0.494 e. The summed E-state index contributed by atoms with van der Waals surface area (Å²) in [6.45, 7) is 2.89. The molecule has 0 bridgehead atoms. The summed E-state index contributed by atoms with van der Waals surface area (Å²) in [5.74, 6) is 0.115. The number of methoxy groups -OCH3 is 1. The van der Waals surface area contributed by atoms with Gasteiger partial charge in [0, 0.05) is 6.04 Å². The van der Waals surface area contributed by atoms with E-state index >= 15 is 0 Å². The fourth-order valence-corrected chi connectivity index (χ4v) is 2.46. The van der Waals surface area contributed by atoms with Gasteiger partial charge in [-0.1, -0.05) is 12.5 Å². The molecule has 0 aliphatic carbocycles. The van der Waals surface area contributed by atoms with Gasteiger partial charge in [-0.15, -0.1) is 0 Å². The minimum absolute atomic E-state index is 0.243. The molecule has 1 aliphatic heterocycles. The Morgan fingerprint density at radius 2 is 2.24 bits per heavy atom. The zero-order chi connectivity index (χ0) is 12.3. The van der Waals surface area contributed by atoms with E-state index in [4.69, 9.17) is 4.74 Å². The summed E-state index contributed by atoms with van der Waals surface area (Å²) in [6, 6.07) is 4.27. The third-order valence-electron chi connectivity index (χ3n) is 3.40. The van der Waals surface area contributed by atoms with Crippen LogP contribution in [0.4, 0.5) is 4.39 Å². The Labute approximate surface area is 102 Å². The molecule has 94 valence electrons. The molecule has 3 heteroatoms. The molecule has 0 aromatic heterocycles. The first kappa shape index (κ1) is 12.4. The lowest BCUT2D eigenvalue weighted by atomic mass is 9.96. The van der Waals surface area contributed by atoms with Crippen molar-refractivity contribution in [3.63, 3.8) is 0 Å². The second kappa shape index (κ2) is 5.50. The van der Waals surface area contributed by atoms with Crippen molar-refractivity contribution in [3.05, 3.63) is 29.1 Å². The van der Waals surface area contributed by atoms with E-state index in [9.17, 15) is 4.39 Å². The monoisotopic (exact) mass is 237 g/mol. The highest BCUT2D eigenvalue weighted by molar-refractivity contribution is 5.36. The second-order valence-corrected chi connectivity index (χ2v) is 4.78. The molecule has 1 N–H and O–H groups in total. The van der Waals surface area contributed by atoms with Crippen LogP contribution >= 0.6 is 0 Å². The molecule has 2 rings (SSSR count). The Morgan fingerprint density at radius 1 is 1.41 bits per heavy atom. The van der Waals surface area contributed by atoms with Crippen molar-refractivity contribution in [3.8, 4) is 5.75 Å². The Kier molecular flexibility index (Phi) is 4.00. The third kappa shape index (κ3) is 2.97. The number of hydrogen-bond acceptors (Lipinski definition) is 2. The zero-order valence-corrected chi connectivity index (χ0v) is 10.6. The SMILES string of the molecule is COc1cc(CC2CCCCN2)cc(C)c1F. The molecule has 1 unspecified atom stereocenters. The number of piperidine rings is 1. The van der Waals surface area contributed by atoms with Crippen LogP contribution in [-0.2, 0) is 6.42 Å². The maximum absolute atomic E-state index is 13.6. The van der Waals surface area contributed by atoms with Gasteiger partial charge in [-0.3, -0.25) is 0 Å². The Morgan fingerprint density at radius 3 is 2.88 bits per heavy atom. The van der Waals surface area contributed by atoms with Crippen LogP contribution in [0.1, 0.15) is 30.4 Å². The van der Waals surface area contributed by atoms with E-state index < -0.39 is 0 Å². The first-order valence-electron chi connectivity index (χ1n) is 6.27. The molecule has 0 radical (unpaired) electrons. The molecule has 0 amide bonds. The van der Waals surface area contributed by atoms with Gasteiger partial charge in [-0.2, -0.15) is 0 Å². The minimum Gasteiger partial charge on any atom is -0.494 e. The van der Waals surface area contributed by atoms with Gasteiger partial charge in [0.1, 0.15) is 0 Å². The maximum Gasteiger partial charge on any atom is 0.167 e. The Bertz CT molecular complexity index is 386. The van der Waals surface area contributed by atoms with Crippen molar-refractivity contribution in [2.75, 3.05) is 13.7 Å². The minimum atomic E-state index is -0.243. The van der Waals surface area contributed by atoms with Crippen LogP contribution in [0.25, 0.3) is 0 Å². The van der Waals surface area contributed by atoms with Gasteiger partial charge in [0.2, 0.25) is 0 Å². The van der Waals surface area contributed by atoms with Crippen molar-refractivity contribution >= 4 is 0 Å². The molecule has 1 fully saturated rings. The van der Waals surface area contributed by atoms with E-state index in [1.807, 2.05) is 12.1 Å². The van der Waals surface area contributed by atoms with Gasteiger partial charge < -0.3 is 10.1 Å². The van der Waals surface area contributed by atoms with Gasteiger partial charge in [0.15, 0.2) is 11.6 Å². The van der Waals surface area contributed by atoms with E-state index in [-0.39, 0.29) is 5.82 Å². The molecular weight excluding hydrogens is 217 g/mol. The summed E-state index contributed by atoms with van der Waals surface area (Å²) >= 11 is 0. The summed E-state index contributed by atoms with van der Waals surface area (Å²) in [5.41, 5.74) is 1.82. The molecule has 1 aromatic rings. The predicted octanol–water partition coefficient (Wildman–Crippen LogP) is 2.83. The molecule has 1 saturated heterocycles. The fourth-order valence-electron chi connectivity index (χ4n) is 2.46. The molecule has 0 spiro atoms. The molecule has 0 saturated carbocycles. The van der Waals surface area contributed by atoms with Crippen LogP contribution in [0, 0.1) is 12.7 Å². The third-order valence-corrected chi connectivity index (χ3v) is 3.40. The number of halogens is 1. The van der Waals surface area contributed by atoms with E-state index in [2.05, 4.69) is 5.32 Å². The Hall–Kier alpha value is -1.09. The molecule has 1 aliphatic rings. The van der Waals surface area contributed by atoms with E-state index in [0.717, 1.165) is 18.5 Å². The van der Waals surface area contributed by atoms with Gasteiger partial charge in [0.05, 0.1) is 7.11 Å². The summed E-state index contributed by atoms with van der Waals surface area (Å²) in [7, 11) is 1.51. The lowest BCUT2D eigenvalue weighted by Crippen LogP contribution is -2.35. The summed E-state index contributed by atoms with van der Waals surface area (Å²) in [6.07, 6.45) is 4.72. The van der Waals surface area contributed by atoms with Crippen LogP contribution in [0.2, 0.25) is 0 Å². The molecule has 1 heterocycles. The van der Waals surface area contributed by atoms with Crippen molar-refractivity contribution in [1.82, 2.24) is 5.32 Å².